The van der Waals surface area contributed by atoms with E-state index in [4.69, 9.17) is 9.84 Å². The standard InChI is InChI=1S/C16H15NO4S/c1-21-13-8-4-3-7-12(13)17-15(18)10-22-14-9-5-2-6-11(14)16(19)20/h2-9H,10H2,1H3,(H,17,18)(H,19,20). The first-order valence-electron chi connectivity index (χ1n) is 6.50. The van der Waals surface area contributed by atoms with Gasteiger partial charge in [-0.1, -0.05) is 24.3 Å². The second-order valence-corrected chi connectivity index (χ2v) is 5.36. The maximum absolute atomic E-state index is 12.0. The number of ether oxygens (including phenoxy) is 1. The number of rotatable bonds is 6. The van der Waals surface area contributed by atoms with Crippen molar-refractivity contribution in [2.75, 3.05) is 18.2 Å². The summed E-state index contributed by atoms with van der Waals surface area (Å²) in [5.74, 6) is -0.544. The summed E-state index contributed by atoms with van der Waals surface area (Å²) in [6.45, 7) is 0. The highest BCUT2D eigenvalue weighted by Gasteiger charge is 2.12. The Bertz CT molecular complexity index is 687. The molecule has 0 fully saturated rings. The average Bonchev–Trinajstić information content (AvgIpc) is 2.53. The number of methoxy groups -OCH3 is 1. The zero-order chi connectivity index (χ0) is 15.9. The Labute approximate surface area is 132 Å². The number of hydrogen-bond acceptors (Lipinski definition) is 4. The number of anilines is 1. The van der Waals surface area contributed by atoms with E-state index in [0.717, 1.165) is 0 Å². The molecule has 0 aliphatic heterocycles. The Morgan fingerprint density at radius 2 is 1.82 bits per heavy atom. The van der Waals surface area contributed by atoms with Crippen molar-refractivity contribution in [3.05, 3.63) is 54.1 Å². The average molecular weight is 317 g/mol. The molecule has 0 bridgehead atoms. The van der Waals surface area contributed by atoms with Crippen LogP contribution in [0.2, 0.25) is 0 Å². The third kappa shape index (κ3) is 4.02. The zero-order valence-electron chi connectivity index (χ0n) is 11.9. The molecule has 2 aromatic carbocycles. The van der Waals surface area contributed by atoms with Crippen LogP contribution >= 0.6 is 11.8 Å². The molecule has 0 heterocycles. The van der Waals surface area contributed by atoms with Crippen LogP contribution in [-0.4, -0.2) is 29.8 Å². The fraction of sp³-hybridized carbons (Fsp3) is 0.125. The molecular weight excluding hydrogens is 302 g/mol. The molecule has 0 saturated carbocycles. The number of carboxylic acids is 1. The van der Waals surface area contributed by atoms with Gasteiger partial charge in [-0.05, 0) is 24.3 Å². The minimum atomic E-state index is -1.01. The van der Waals surface area contributed by atoms with Crippen LogP contribution in [0.15, 0.2) is 53.4 Å². The first-order chi connectivity index (χ1) is 10.6. The Balaban J connectivity index is 2.00. The number of thioether (sulfide) groups is 1. The van der Waals surface area contributed by atoms with Crippen LogP contribution in [0.25, 0.3) is 0 Å². The van der Waals surface area contributed by atoms with Crippen LogP contribution in [0.4, 0.5) is 5.69 Å². The Morgan fingerprint density at radius 3 is 2.55 bits per heavy atom. The first kappa shape index (κ1) is 15.9. The minimum Gasteiger partial charge on any atom is -0.495 e. The molecule has 0 unspecified atom stereocenters. The SMILES string of the molecule is COc1ccccc1NC(=O)CSc1ccccc1C(=O)O. The second kappa shape index (κ2) is 7.51. The van der Waals surface area contributed by atoms with E-state index in [1.165, 1.54) is 24.9 Å². The molecule has 0 aliphatic rings. The van der Waals surface area contributed by atoms with Crippen molar-refractivity contribution in [2.24, 2.45) is 0 Å². The molecular formula is C16H15NO4S. The van der Waals surface area contributed by atoms with E-state index < -0.39 is 5.97 Å². The van der Waals surface area contributed by atoms with Gasteiger partial charge in [-0.3, -0.25) is 4.79 Å². The predicted molar refractivity (Wildman–Crippen MR) is 85.7 cm³/mol. The fourth-order valence-electron chi connectivity index (χ4n) is 1.85. The Hall–Kier alpha value is -2.47. The van der Waals surface area contributed by atoms with Crippen LogP contribution in [-0.2, 0) is 4.79 Å². The minimum absolute atomic E-state index is 0.113. The lowest BCUT2D eigenvalue weighted by Gasteiger charge is -2.10. The highest BCUT2D eigenvalue weighted by Crippen LogP contribution is 2.25. The van der Waals surface area contributed by atoms with Crippen LogP contribution in [0.5, 0.6) is 5.75 Å². The number of para-hydroxylation sites is 2. The Kier molecular flexibility index (Phi) is 5.43. The Morgan fingerprint density at radius 1 is 1.14 bits per heavy atom. The summed E-state index contributed by atoms with van der Waals surface area (Å²) in [7, 11) is 1.53. The van der Waals surface area contributed by atoms with Crippen LogP contribution < -0.4 is 10.1 Å². The van der Waals surface area contributed by atoms with E-state index in [-0.39, 0.29) is 17.2 Å². The molecule has 6 heteroatoms. The van der Waals surface area contributed by atoms with Gasteiger partial charge in [0.2, 0.25) is 5.91 Å². The van der Waals surface area contributed by atoms with Gasteiger partial charge in [0.25, 0.3) is 0 Å². The van der Waals surface area contributed by atoms with E-state index in [1.807, 2.05) is 6.07 Å². The summed E-state index contributed by atoms with van der Waals surface area (Å²) in [6.07, 6.45) is 0. The summed E-state index contributed by atoms with van der Waals surface area (Å²) >= 11 is 1.18. The van der Waals surface area contributed by atoms with E-state index in [2.05, 4.69) is 5.32 Å². The van der Waals surface area contributed by atoms with Gasteiger partial charge in [0.1, 0.15) is 5.75 Å². The maximum atomic E-state index is 12.0. The number of aromatic carboxylic acids is 1. The third-order valence-corrected chi connectivity index (χ3v) is 3.93. The van der Waals surface area contributed by atoms with E-state index in [9.17, 15) is 9.59 Å². The molecule has 114 valence electrons. The van der Waals surface area contributed by atoms with Crippen molar-refractivity contribution in [1.29, 1.82) is 0 Å². The summed E-state index contributed by atoms with van der Waals surface area (Å²) in [4.78, 5) is 23.7. The van der Waals surface area contributed by atoms with E-state index >= 15 is 0 Å². The summed E-state index contributed by atoms with van der Waals surface area (Å²) in [5, 5.41) is 11.9. The van der Waals surface area contributed by atoms with Crippen LogP contribution in [0, 0.1) is 0 Å². The van der Waals surface area contributed by atoms with Gasteiger partial charge in [0.15, 0.2) is 0 Å². The van der Waals surface area contributed by atoms with Crippen molar-refractivity contribution in [3.63, 3.8) is 0 Å². The van der Waals surface area contributed by atoms with Gasteiger partial charge < -0.3 is 15.2 Å². The summed E-state index contributed by atoms with van der Waals surface area (Å²) in [5.41, 5.74) is 0.778. The number of amides is 1. The highest BCUT2D eigenvalue weighted by atomic mass is 32.2. The molecule has 0 spiro atoms. The molecule has 22 heavy (non-hydrogen) atoms. The van der Waals surface area contributed by atoms with E-state index in [1.54, 1.807) is 36.4 Å². The van der Waals surface area contributed by atoms with Crippen molar-refractivity contribution >= 4 is 29.3 Å². The molecule has 1 amide bonds. The number of hydrogen-bond donors (Lipinski definition) is 2. The van der Waals surface area contributed by atoms with Gasteiger partial charge in [0, 0.05) is 4.90 Å². The molecule has 0 aromatic heterocycles. The first-order valence-corrected chi connectivity index (χ1v) is 7.48. The summed E-state index contributed by atoms with van der Waals surface area (Å²) in [6, 6.07) is 13.7. The lowest BCUT2D eigenvalue weighted by molar-refractivity contribution is -0.113. The van der Waals surface area contributed by atoms with Crippen molar-refractivity contribution in [3.8, 4) is 5.75 Å². The fourth-order valence-corrected chi connectivity index (χ4v) is 2.69. The third-order valence-electron chi connectivity index (χ3n) is 2.86. The smallest absolute Gasteiger partial charge is 0.336 e. The molecule has 5 nitrogen and oxygen atoms in total. The second-order valence-electron chi connectivity index (χ2n) is 4.34. The number of carboxylic acid groups (broad SMARTS) is 1. The monoisotopic (exact) mass is 317 g/mol. The molecule has 2 N–H and O–H groups in total. The summed E-state index contributed by atoms with van der Waals surface area (Å²) < 4.78 is 5.16. The van der Waals surface area contributed by atoms with Crippen molar-refractivity contribution < 1.29 is 19.4 Å². The van der Waals surface area contributed by atoms with Crippen molar-refractivity contribution in [1.82, 2.24) is 0 Å². The largest absolute Gasteiger partial charge is 0.495 e. The quantitative estimate of drug-likeness (QED) is 0.801. The van der Waals surface area contributed by atoms with Crippen LogP contribution in [0.1, 0.15) is 10.4 Å². The van der Waals surface area contributed by atoms with Gasteiger partial charge in [-0.2, -0.15) is 0 Å². The van der Waals surface area contributed by atoms with Crippen LogP contribution in [0.3, 0.4) is 0 Å². The number of carbonyl (C=O) groups excluding carboxylic acids is 1. The maximum Gasteiger partial charge on any atom is 0.336 e. The highest BCUT2D eigenvalue weighted by molar-refractivity contribution is 8.00. The predicted octanol–water partition coefficient (Wildman–Crippen LogP) is 3.12. The van der Waals surface area contributed by atoms with Gasteiger partial charge in [-0.25, -0.2) is 4.79 Å². The molecule has 0 aliphatic carbocycles. The molecule has 0 atom stereocenters. The molecule has 0 radical (unpaired) electrons. The molecule has 2 aromatic rings. The van der Waals surface area contributed by atoms with Gasteiger partial charge >= 0.3 is 5.97 Å². The lowest BCUT2D eigenvalue weighted by atomic mass is 10.2. The molecule has 0 saturated heterocycles. The topological polar surface area (TPSA) is 75.6 Å². The van der Waals surface area contributed by atoms with Gasteiger partial charge in [0.05, 0.1) is 24.1 Å². The van der Waals surface area contributed by atoms with Gasteiger partial charge in [-0.15, -0.1) is 11.8 Å². The molecule has 2 rings (SSSR count). The number of benzene rings is 2. The normalized spacial score (nSPS) is 10.0. The zero-order valence-corrected chi connectivity index (χ0v) is 12.7. The number of nitrogens with one attached hydrogen (secondary N) is 1. The number of carbonyl (C=O) groups is 2. The lowest BCUT2D eigenvalue weighted by Crippen LogP contribution is -2.15. The van der Waals surface area contributed by atoms with Crippen molar-refractivity contribution in [2.45, 2.75) is 4.90 Å². The van der Waals surface area contributed by atoms with E-state index in [0.29, 0.717) is 16.3 Å².